The molecule has 0 saturated carbocycles. The van der Waals surface area contributed by atoms with Crippen molar-refractivity contribution in [1.82, 2.24) is 10.2 Å². The largest absolute Gasteiger partial charge is 0.472 e. The molecule has 440 valence electrons. The van der Waals surface area contributed by atoms with Crippen LogP contribution in [-0.2, 0) is 66.2 Å². The summed E-state index contributed by atoms with van der Waals surface area (Å²) in [5.74, 6) is -2.27. The van der Waals surface area contributed by atoms with Gasteiger partial charge in [0.15, 0.2) is 0 Å². The molecule has 0 aromatic rings. The number of carbonyl (C=O) groups excluding carboxylic acids is 8. The van der Waals surface area contributed by atoms with Crippen LogP contribution in [0.25, 0.3) is 0 Å². The molecule has 17 nitrogen and oxygen atoms in total. The quantitative estimate of drug-likeness (QED) is 0.0249. The van der Waals surface area contributed by atoms with Crippen LogP contribution in [0.4, 0.5) is 0 Å². The van der Waals surface area contributed by atoms with Gasteiger partial charge < -0.3 is 24.4 Å². The SMILES string of the molecule is CCCCCCCCCCCCCCCC(=O)OCC(COC(=O)CCCCCCCCCCCCCCC)OP(=O)(O)OCCCC(=O)CCC(=O)CCSC1CC(=O)N(CCC(=O)NCCOCCC(C)=O)C1=O. The van der Waals surface area contributed by atoms with Crippen molar-refractivity contribution in [1.29, 1.82) is 0 Å². The van der Waals surface area contributed by atoms with Gasteiger partial charge in [0, 0.05) is 76.6 Å². The summed E-state index contributed by atoms with van der Waals surface area (Å²) < 4.78 is 39.6. The Balaban J connectivity index is 2.44. The Morgan fingerprint density at radius 3 is 1.53 bits per heavy atom. The number of unbranched alkanes of at least 4 members (excludes halogenated alkanes) is 24. The molecule has 0 spiro atoms. The van der Waals surface area contributed by atoms with Crippen molar-refractivity contribution in [2.75, 3.05) is 51.9 Å². The topological polar surface area (TPSA) is 235 Å². The number of nitrogens with one attached hydrogen (secondary N) is 1. The average Bonchev–Trinajstić information content (AvgIpc) is 3.65. The number of hydrogen-bond donors (Lipinski definition) is 2. The number of phosphoric acid groups is 1. The van der Waals surface area contributed by atoms with Gasteiger partial charge in [0.05, 0.1) is 25.1 Å². The summed E-state index contributed by atoms with van der Waals surface area (Å²) in [6, 6.07) is 0. The van der Waals surface area contributed by atoms with Gasteiger partial charge >= 0.3 is 19.8 Å². The van der Waals surface area contributed by atoms with E-state index in [1.54, 1.807) is 0 Å². The summed E-state index contributed by atoms with van der Waals surface area (Å²) in [5, 5.41) is 1.99. The number of nitrogens with zero attached hydrogens (tertiary/aromatic N) is 1. The van der Waals surface area contributed by atoms with E-state index in [-0.39, 0.29) is 126 Å². The van der Waals surface area contributed by atoms with Crippen molar-refractivity contribution in [3.05, 3.63) is 0 Å². The maximum absolute atomic E-state index is 13.0. The van der Waals surface area contributed by atoms with Crippen molar-refractivity contribution >= 4 is 66.6 Å². The number of thioether (sulfide) groups is 1. The van der Waals surface area contributed by atoms with Gasteiger partial charge in [-0.1, -0.05) is 168 Å². The maximum atomic E-state index is 13.0. The summed E-state index contributed by atoms with van der Waals surface area (Å²) >= 11 is 1.18. The number of phosphoric ester groups is 1. The molecule has 0 aromatic carbocycles. The van der Waals surface area contributed by atoms with Crippen LogP contribution < -0.4 is 5.32 Å². The predicted molar refractivity (Wildman–Crippen MR) is 298 cm³/mol. The van der Waals surface area contributed by atoms with Crippen molar-refractivity contribution in [2.24, 2.45) is 0 Å². The van der Waals surface area contributed by atoms with Gasteiger partial charge in [0.25, 0.3) is 0 Å². The first-order chi connectivity index (χ1) is 36.7. The summed E-state index contributed by atoms with van der Waals surface area (Å²) in [5.41, 5.74) is 0. The van der Waals surface area contributed by atoms with Crippen LogP contribution in [0.15, 0.2) is 0 Å². The van der Waals surface area contributed by atoms with E-state index in [4.69, 9.17) is 23.3 Å². The number of rotatable bonds is 55. The Morgan fingerprint density at radius 2 is 1.05 bits per heavy atom. The molecule has 19 heteroatoms. The van der Waals surface area contributed by atoms with Crippen molar-refractivity contribution in [3.63, 3.8) is 0 Å². The minimum Gasteiger partial charge on any atom is -0.463 e. The monoisotopic (exact) mass is 1120 g/mol. The van der Waals surface area contributed by atoms with Gasteiger partial charge in [0.1, 0.15) is 36.7 Å². The minimum absolute atomic E-state index is 0.00857. The lowest BCUT2D eigenvalue weighted by Crippen LogP contribution is -2.36. The first-order valence-corrected chi connectivity index (χ1v) is 32.0. The van der Waals surface area contributed by atoms with Crippen LogP contribution in [-0.4, -0.2) is 120 Å². The minimum atomic E-state index is -4.74. The lowest BCUT2D eigenvalue weighted by Gasteiger charge is -2.21. The lowest BCUT2D eigenvalue weighted by atomic mass is 10.0. The molecule has 2 unspecified atom stereocenters. The van der Waals surface area contributed by atoms with E-state index < -0.39 is 50.2 Å². The van der Waals surface area contributed by atoms with Crippen molar-refractivity contribution < 1.29 is 71.1 Å². The molecule has 1 heterocycles. The highest BCUT2D eigenvalue weighted by atomic mass is 32.2. The van der Waals surface area contributed by atoms with Gasteiger partial charge in [-0.25, -0.2) is 4.57 Å². The van der Waals surface area contributed by atoms with Crippen LogP contribution in [0.2, 0.25) is 0 Å². The second kappa shape index (κ2) is 47.9. The summed E-state index contributed by atoms with van der Waals surface area (Å²) in [4.78, 5) is 111. The Labute approximate surface area is 461 Å². The zero-order chi connectivity index (χ0) is 55.9. The predicted octanol–water partition coefficient (Wildman–Crippen LogP) is 12.0. The standard InChI is InChI=1S/C57H101N2O15PS/c1-4-6-8-10-12-14-16-18-20-22-24-26-28-32-55(65)71-46-51(47-72-56(66)33-29-27-25-23-21-19-17-15-13-11-9-7-5-2)74-75(68,69)73-41-30-31-49(61)34-35-50(62)38-44-76-52-45-54(64)59(57(52)67)40-36-53(63)58-39-43-70-42-37-48(3)60/h51-52H,4-47H2,1-3H3,(H,58,63)(H,68,69). The molecule has 3 amide bonds. The number of esters is 2. The number of imide groups is 1. The fraction of sp³-hybridized carbons (Fsp3) is 0.860. The molecular weight excluding hydrogens is 1020 g/mol. The molecule has 1 aliphatic heterocycles. The van der Waals surface area contributed by atoms with E-state index in [1.165, 1.54) is 134 Å². The molecular formula is C57H101N2O15PS. The second-order valence-corrected chi connectivity index (χ2v) is 23.1. The number of Topliss-reactive ketones (excluding diaryl/α,β-unsaturated/α-hetero) is 3. The molecule has 76 heavy (non-hydrogen) atoms. The van der Waals surface area contributed by atoms with E-state index in [2.05, 4.69) is 19.2 Å². The van der Waals surface area contributed by atoms with Crippen LogP contribution in [0.5, 0.6) is 0 Å². The zero-order valence-corrected chi connectivity index (χ0v) is 48.9. The molecule has 1 rings (SSSR count). The van der Waals surface area contributed by atoms with Gasteiger partial charge in [-0.3, -0.25) is 52.3 Å². The van der Waals surface area contributed by atoms with E-state index >= 15 is 0 Å². The number of ether oxygens (including phenoxy) is 3. The highest BCUT2D eigenvalue weighted by Crippen LogP contribution is 2.45. The Morgan fingerprint density at radius 1 is 0.592 bits per heavy atom. The third kappa shape index (κ3) is 42.0. The van der Waals surface area contributed by atoms with Gasteiger partial charge in [-0.05, 0) is 26.2 Å². The van der Waals surface area contributed by atoms with Crippen LogP contribution in [0.1, 0.15) is 252 Å². The third-order valence-corrected chi connectivity index (χ3v) is 15.6. The Hall–Kier alpha value is -3.02. The van der Waals surface area contributed by atoms with Crippen LogP contribution in [0, 0.1) is 0 Å². The second-order valence-electron chi connectivity index (χ2n) is 20.4. The van der Waals surface area contributed by atoms with Gasteiger partial charge in [-0.15, -0.1) is 11.8 Å². The number of likely N-dealkylation sites (tertiary alicyclic amines) is 1. The fourth-order valence-electron chi connectivity index (χ4n) is 8.61. The average molecular weight is 1120 g/mol. The summed E-state index contributed by atoms with van der Waals surface area (Å²) in [6.45, 7) is 5.45. The number of carbonyl (C=O) groups is 8. The van der Waals surface area contributed by atoms with Crippen molar-refractivity contribution in [2.45, 2.75) is 263 Å². The molecule has 1 aliphatic rings. The molecule has 0 bridgehead atoms. The fourth-order valence-corrected chi connectivity index (χ4v) is 10.7. The van der Waals surface area contributed by atoms with E-state index in [1.807, 2.05) is 0 Å². The first-order valence-electron chi connectivity index (χ1n) is 29.5. The molecule has 2 N–H and O–H groups in total. The first kappa shape index (κ1) is 71.0. The Bertz CT molecular complexity index is 1620. The zero-order valence-electron chi connectivity index (χ0n) is 47.2. The number of amides is 3. The third-order valence-electron chi connectivity index (χ3n) is 13.3. The summed E-state index contributed by atoms with van der Waals surface area (Å²) in [6.07, 6.45) is 29.9. The summed E-state index contributed by atoms with van der Waals surface area (Å²) in [7, 11) is -4.74. The molecule has 0 aliphatic carbocycles. The maximum Gasteiger partial charge on any atom is 0.472 e. The van der Waals surface area contributed by atoms with E-state index in [0.29, 0.717) is 19.3 Å². The number of ketones is 3. The lowest BCUT2D eigenvalue weighted by molar-refractivity contribution is -0.152. The number of hydrogen-bond acceptors (Lipinski definition) is 15. The normalized spacial score (nSPS) is 14.3. The van der Waals surface area contributed by atoms with Crippen molar-refractivity contribution in [3.8, 4) is 0 Å². The molecule has 2 atom stereocenters. The highest BCUT2D eigenvalue weighted by molar-refractivity contribution is 8.00. The van der Waals surface area contributed by atoms with Crippen LogP contribution >= 0.6 is 19.6 Å². The molecule has 0 radical (unpaired) electrons. The van der Waals surface area contributed by atoms with Gasteiger partial charge in [0.2, 0.25) is 17.7 Å². The molecule has 0 aromatic heterocycles. The van der Waals surface area contributed by atoms with Crippen LogP contribution in [0.3, 0.4) is 0 Å². The van der Waals surface area contributed by atoms with Gasteiger partial charge in [-0.2, -0.15) is 0 Å². The Kier molecular flexibility index (Phi) is 44.8. The highest BCUT2D eigenvalue weighted by Gasteiger charge is 2.38. The smallest absolute Gasteiger partial charge is 0.463 e. The van der Waals surface area contributed by atoms with E-state index in [9.17, 15) is 47.8 Å². The molecule has 1 saturated heterocycles. The molecule has 1 fully saturated rings. The van der Waals surface area contributed by atoms with E-state index in [0.717, 1.165) is 43.4 Å².